The Bertz CT molecular complexity index is 891. The highest BCUT2D eigenvalue weighted by Crippen LogP contribution is 2.38. The first-order chi connectivity index (χ1) is 24.5. The summed E-state index contributed by atoms with van der Waals surface area (Å²) in [5.74, 6) is -0.835. The number of phosphoric acid groups is 1. The number of carbonyl (C=O) groups is 2. The molecule has 1 unspecified atom stereocenters. The van der Waals surface area contributed by atoms with Gasteiger partial charge in [0.05, 0.1) is 27.7 Å². The van der Waals surface area contributed by atoms with Gasteiger partial charge in [0, 0.05) is 12.8 Å². The van der Waals surface area contributed by atoms with Crippen LogP contribution in [0.15, 0.2) is 12.2 Å². The molecule has 0 aliphatic carbocycles. The van der Waals surface area contributed by atoms with Gasteiger partial charge in [0.15, 0.2) is 6.10 Å². The molecular weight excluding hydrogens is 665 g/mol. The predicted molar refractivity (Wildman–Crippen MR) is 208 cm³/mol. The van der Waals surface area contributed by atoms with Gasteiger partial charge in [0.25, 0.3) is 7.82 Å². The maximum atomic E-state index is 12.6. The first kappa shape index (κ1) is 49.8. The Balaban J connectivity index is 4.32. The molecule has 0 aliphatic rings. The van der Waals surface area contributed by atoms with Crippen LogP contribution in [-0.2, 0) is 32.7 Å². The molecule has 0 aromatic rings. The molecule has 302 valence electrons. The summed E-state index contributed by atoms with van der Waals surface area (Å²) in [5.41, 5.74) is 0. The lowest BCUT2D eigenvalue weighted by atomic mass is 10.1. The smallest absolute Gasteiger partial charge is 0.306 e. The van der Waals surface area contributed by atoms with Gasteiger partial charge in [-0.15, -0.1) is 0 Å². The van der Waals surface area contributed by atoms with Crippen LogP contribution >= 0.6 is 7.82 Å². The molecule has 0 saturated heterocycles. The second-order valence-corrected chi connectivity index (χ2v) is 16.8. The van der Waals surface area contributed by atoms with E-state index in [9.17, 15) is 19.0 Å². The first-order valence-electron chi connectivity index (χ1n) is 20.9. The van der Waals surface area contributed by atoms with Gasteiger partial charge in [-0.1, -0.05) is 148 Å². The van der Waals surface area contributed by atoms with Crippen LogP contribution in [-0.4, -0.2) is 70.0 Å². The summed E-state index contributed by atoms with van der Waals surface area (Å²) in [5, 5.41) is 0. The quantitative estimate of drug-likeness (QED) is 0.0202. The van der Waals surface area contributed by atoms with Crippen LogP contribution < -0.4 is 4.89 Å². The molecular formula is C41H80NO8P. The van der Waals surface area contributed by atoms with Crippen molar-refractivity contribution < 1.29 is 42.1 Å². The number of hydrogen-bond acceptors (Lipinski definition) is 8. The van der Waals surface area contributed by atoms with E-state index in [4.69, 9.17) is 18.5 Å². The van der Waals surface area contributed by atoms with E-state index in [1.807, 2.05) is 21.1 Å². The van der Waals surface area contributed by atoms with Crippen LogP contribution in [0.2, 0.25) is 0 Å². The van der Waals surface area contributed by atoms with E-state index >= 15 is 0 Å². The number of nitrogens with zero attached hydrogens (tertiary/aromatic N) is 1. The number of unbranched alkanes of at least 4 members (excludes halogenated alkanes) is 22. The van der Waals surface area contributed by atoms with Gasteiger partial charge in [-0.25, -0.2) is 0 Å². The first-order valence-corrected chi connectivity index (χ1v) is 22.4. The summed E-state index contributed by atoms with van der Waals surface area (Å²) < 4.78 is 33.8. The third-order valence-corrected chi connectivity index (χ3v) is 10.00. The molecule has 0 aliphatic heterocycles. The Kier molecular flexibility index (Phi) is 33.7. The second-order valence-electron chi connectivity index (χ2n) is 15.4. The number of quaternary nitrogens is 1. The molecule has 0 fully saturated rings. The summed E-state index contributed by atoms with van der Waals surface area (Å²) in [7, 11) is 1.17. The van der Waals surface area contributed by atoms with Crippen LogP contribution in [0.1, 0.15) is 187 Å². The molecule has 2 atom stereocenters. The summed E-state index contributed by atoms with van der Waals surface area (Å²) >= 11 is 0. The zero-order chi connectivity index (χ0) is 37.9. The largest absolute Gasteiger partial charge is 0.756 e. The molecule has 0 N–H and O–H groups in total. The van der Waals surface area contributed by atoms with E-state index in [1.54, 1.807) is 0 Å². The lowest BCUT2D eigenvalue weighted by Gasteiger charge is -2.28. The number of likely N-dealkylation sites (N-methyl/N-ethyl adjacent to an activating group) is 1. The van der Waals surface area contributed by atoms with Gasteiger partial charge < -0.3 is 27.9 Å². The molecule has 10 heteroatoms. The predicted octanol–water partition coefficient (Wildman–Crippen LogP) is 10.8. The molecule has 0 aromatic carbocycles. The van der Waals surface area contributed by atoms with Gasteiger partial charge in [-0.2, -0.15) is 0 Å². The molecule has 0 rings (SSSR count). The SMILES string of the molecule is CCCCCCCC/C=C/CCCCCCCCCC(=O)OC[C@@H](COP(=O)([O-])OCC[N+](C)(C)C)OC(=O)CCCCCCCCCCCC. The maximum absolute atomic E-state index is 12.6. The second kappa shape index (κ2) is 34.5. The highest BCUT2D eigenvalue weighted by molar-refractivity contribution is 7.45. The van der Waals surface area contributed by atoms with E-state index in [2.05, 4.69) is 26.0 Å². The third kappa shape index (κ3) is 38.3. The standard InChI is InChI=1S/C41H80NO8P/c1-6-8-10-12-14-16-18-19-20-21-22-23-24-26-27-29-31-33-40(43)47-37-39(38-49-51(45,46)48-36-35-42(3,4)5)50-41(44)34-32-30-28-25-17-15-13-11-9-7-2/h19-20,39H,6-18,21-38H2,1-5H3/b20-19+/t39-/m0/s1. The summed E-state index contributed by atoms with van der Waals surface area (Å²) in [4.78, 5) is 37.4. The molecule has 0 radical (unpaired) electrons. The van der Waals surface area contributed by atoms with Crippen molar-refractivity contribution >= 4 is 19.8 Å². The fourth-order valence-corrected chi connectivity index (χ4v) is 6.44. The number of hydrogen-bond donors (Lipinski definition) is 0. The average Bonchev–Trinajstić information content (AvgIpc) is 3.07. The minimum absolute atomic E-state index is 0.0286. The Morgan fingerprint density at radius 3 is 1.45 bits per heavy atom. The summed E-state index contributed by atoms with van der Waals surface area (Å²) in [6, 6.07) is 0. The molecule has 0 spiro atoms. The van der Waals surface area contributed by atoms with E-state index in [1.165, 1.54) is 103 Å². The van der Waals surface area contributed by atoms with Crippen molar-refractivity contribution in [1.29, 1.82) is 0 Å². The number of carbonyl (C=O) groups excluding carboxylic acids is 2. The highest BCUT2D eigenvalue weighted by Gasteiger charge is 2.21. The van der Waals surface area contributed by atoms with Gasteiger partial charge in [0.2, 0.25) is 0 Å². The Morgan fingerprint density at radius 1 is 0.588 bits per heavy atom. The lowest BCUT2D eigenvalue weighted by molar-refractivity contribution is -0.870. The van der Waals surface area contributed by atoms with Crippen LogP contribution in [0.3, 0.4) is 0 Å². The van der Waals surface area contributed by atoms with Crippen LogP contribution in [0.5, 0.6) is 0 Å². The van der Waals surface area contributed by atoms with Crippen LogP contribution in [0.4, 0.5) is 0 Å². The van der Waals surface area contributed by atoms with Gasteiger partial charge in [-0.05, 0) is 38.5 Å². The summed E-state index contributed by atoms with van der Waals surface area (Å²) in [6.07, 6.45) is 33.8. The van der Waals surface area contributed by atoms with Crippen LogP contribution in [0.25, 0.3) is 0 Å². The monoisotopic (exact) mass is 746 g/mol. The normalized spacial score (nSPS) is 13.8. The Labute approximate surface area is 314 Å². The van der Waals surface area contributed by atoms with Crippen molar-refractivity contribution in [3.05, 3.63) is 12.2 Å². The number of rotatable bonds is 38. The maximum Gasteiger partial charge on any atom is 0.306 e. The fourth-order valence-electron chi connectivity index (χ4n) is 5.71. The molecule has 0 heterocycles. The number of esters is 2. The van der Waals surface area contributed by atoms with E-state index in [-0.39, 0.29) is 32.0 Å². The number of allylic oxidation sites excluding steroid dienone is 2. The van der Waals surface area contributed by atoms with Gasteiger partial charge >= 0.3 is 11.9 Å². The van der Waals surface area contributed by atoms with Crippen molar-refractivity contribution in [2.75, 3.05) is 47.5 Å². The molecule has 0 saturated carbocycles. The average molecular weight is 746 g/mol. The molecule has 9 nitrogen and oxygen atoms in total. The van der Waals surface area contributed by atoms with Crippen molar-refractivity contribution in [2.24, 2.45) is 0 Å². The van der Waals surface area contributed by atoms with E-state index in [0.717, 1.165) is 51.4 Å². The van der Waals surface area contributed by atoms with Crippen molar-refractivity contribution in [3.8, 4) is 0 Å². The van der Waals surface area contributed by atoms with Crippen molar-refractivity contribution in [2.45, 2.75) is 193 Å². The van der Waals surface area contributed by atoms with E-state index in [0.29, 0.717) is 17.4 Å². The Hall–Kier alpha value is -1.25. The summed E-state index contributed by atoms with van der Waals surface area (Å²) in [6.45, 7) is 4.21. The minimum Gasteiger partial charge on any atom is -0.756 e. The zero-order valence-electron chi connectivity index (χ0n) is 33.8. The zero-order valence-corrected chi connectivity index (χ0v) is 34.7. The number of phosphoric ester groups is 1. The van der Waals surface area contributed by atoms with Crippen molar-refractivity contribution in [1.82, 2.24) is 0 Å². The lowest BCUT2D eigenvalue weighted by Crippen LogP contribution is -2.37. The third-order valence-electron chi connectivity index (χ3n) is 9.04. The van der Waals surface area contributed by atoms with Gasteiger partial charge in [-0.3, -0.25) is 14.2 Å². The van der Waals surface area contributed by atoms with Gasteiger partial charge in [0.1, 0.15) is 19.8 Å². The Morgan fingerprint density at radius 2 is 1.00 bits per heavy atom. The van der Waals surface area contributed by atoms with E-state index < -0.39 is 26.5 Å². The molecule has 51 heavy (non-hydrogen) atoms. The topological polar surface area (TPSA) is 111 Å². The van der Waals surface area contributed by atoms with Crippen molar-refractivity contribution in [3.63, 3.8) is 0 Å². The fraction of sp³-hybridized carbons (Fsp3) is 0.902. The minimum atomic E-state index is -4.61. The number of ether oxygens (including phenoxy) is 2. The molecule has 0 aromatic heterocycles. The molecule has 0 amide bonds. The van der Waals surface area contributed by atoms with Crippen LogP contribution in [0, 0.1) is 0 Å². The highest BCUT2D eigenvalue weighted by atomic mass is 31.2. The molecule has 0 bridgehead atoms.